The van der Waals surface area contributed by atoms with Gasteiger partial charge in [-0.15, -0.1) is 0 Å². The average Bonchev–Trinajstić information content (AvgIpc) is 2.55. The molecule has 0 aliphatic rings. The molecule has 0 bridgehead atoms. The van der Waals surface area contributed by atoms with E-state index in [0.29, 0.717) is 10.9 Å². The van der Waals surface area contributed by atoms with Gasteiger partial charge in [0.15, 0.2) is 0 Å². The van der Waals surface area contributed by atoms with E-state index in [9.17, 15) is 4.79 Å². The van der Waals surface area contributed by atoms with Crippen LogP contribution in [0.5, 0.6) is 0 Å². The quantitative estimate of drug-likeness (QED) is 0.694. The third-order valence-electron chi connectivity index (χ3n) is 3.23. The number of fused-ring (bicyclic) bond motifs is 1. The summed E-state index contributed by atoms with van der Waals surface area (Å²) in [5.74, 6) is 0. The van der Waals surface area contributed by atoms with Gasteiger partial charge >= 0.3 is 0 Å². The molecule has 4 heteroatoms. The SMILES string of the molecule is CC(C=Nn1cnc2ccccc2c1=O)=Cc1ccccc1. The molecule has 1 aromatic heterocycles. The maximum Gasteiger partial charge on any atom is 0.281 e. The number of hydrogen-bond donors (Lipinski definition) is 0. The van der Waals surface area contributed by atoms with E-state index in [1.54, 1.807) is 12.3 Å². The lowest BCUT2D eigenvalue weighted by Gasteiger charge is -2.00. The predicted molar refractivity (Wildman–Crippen MR) is 90.0 cm³/mol. The van der Waals surface area contributed by atoms with Crippen LogP contribution in [0.3, 0.4) is 0 Å². The molecule has 4 nitrogen and oxygen atoms in total. The fraction of sp³-hybridized carbons (Fsp3) is 0.0556. The molecule has 3 aromatic rings. The standard InChI is InChI=1S/C18H15N3O/c1-14(11-15-7-3-2-4-8-15)12-20-21-13-19-17-10-6-5-9-16(17)18(21)22/h2-13H,1H3. The molecule has 1 heterocycles. The van der Waals surface area contributed by atoms with E-state index >= 15 is 0 Å². The van der Waals surface area contributed by atoms with Crippen molar-refractivity contribution >= 4 is 23.2 Å². The first-order valence-electron chi connectivity index (χ1n) is 6.98. The van der Waals surface area contributed by atoms with Gasteiger partial charge in [0.05, 0.1) is 17.1 Å². The van der Waals surface area contributed by atoms with Crippen LogP contribution >= 0.6 is 0 Å². The molecule has 0 radical (unpaired) electrons. The Morgan fingerprint density at radius 3 is 2.64 bits per heavy atom. The highest BCUT2D eigenvalue weighted by Crippen LogP contribution is 2.06. The minimum Gasteiger partial charge on any atom is -0.267 e. The van der Waals surface area contributed by atoms with Gasteiger partial charge in [-0.2, -0.15) is 9.78 Å². The van der Waals surface area contributed by atoms with Crippen molar-refractivity contribution in [2.75, 3.05) is 0 Å². The Hall–Kier alpha value is -3.01. The molecule has 0 unspecified atom stereocenters. The summed E-state index contributed by atoms with van der Waals surface area (Å²) in [6.07, 6.45) is 5.10. The van der Waals surface area contributed by atoms with E-state index < -0.39 is 0 Å². The van der Waals surface area contributed by atoms with Crippen LogP contribution in [-0.4, -0.2) is 15.9 Å². The van der Waals surface area contributed by atoms with E-state index in [1.165, 1.54) is 11.0 Å². The van der Waals surface area contributed by atoms with Gasteiger partial charge in [-0.05, 0) is 30.2 Å². The second-order valence-electron chi connectivity index (χ2n) is 4.96. The van der Waals surface area contributed by atoms with Crippen LogP contribution in [0.4, 0.5) is 0 Å². The fourth-order valence-corrected chi connectivity index (χ4v) is 2.14. The van der Waals surface area contributed by atoms with Gasteiger partial charge in [0.1, 0.15) is 6.33 Å². The van der Waals surface area contributed by atoms with Gasteiger partial charge in [0.2, 0.25) is 0 Å². The Kier molecular flexibility index (Phi) is 3.92. The van der Waals surface area contributed by atoms with Crippen LogP contribution in [0.15, 0.2) is 76.4 Å². The van der Waals surface area contributed by atoms with Crippen LogP contribution in [0.2, 0.25) is 0 Å². The molecule has 108 valence electrons. The van der Waals surface area contributed by atoms with Gasteiger partial charge in [-0.1, -0.05) is 48.5 Å². The van der Waals surface area contributed by atoms with Crippen molar-refractivity contribution in [2.24, 2.45) is 5.10 Å². The van der Waals surface area contributed by atoms with Crippen LogP contribution in [0.1, 0.15) is 12.5 Å². The second kappa shape index (κ2) is 6.18. The minimum absolute atomic E-state index is 0.172. The van der Waals surface area contributed by atoms with Crippen LogP contribution in [0, 0.1) is 0 Å². The highest BCUT2D eigenvalue weighted by molar-refractivity contribution is 5.84. The summed E-state index contributed by atoms with van der Waals surface area (Å²) >= 11 is 0. The van der Waals surface area contributed by atoms with Crippen LogP contribution in [-0.2, 0) is 0 Å². The summed E-state index contributed by atoms with van der Waals surface area (Å²) in [4.78, 5) is 16.5. The maximum atomic E-state index is 12.3. The molecule has 0 spiro atoms. The lowest BCUT2D eigenvalue weighted by Crippen LogP contribution is -2.16. The molecule has 0 fully saturated rings. The van der Waals surface area contributed by atoms with Crippen molar-refractivity contribution < 1.29 is 0 Å². The van der Waals surface area contributed by atoms with E-state index in [1.807, 2.05) is 61.5 Å². The Morgan fingerprint density at radius 1 is 1.09 bits per heavy atom. The van der Waals surface area contributed by atoms with Gasteiger partial charge in [0, 0.05) is 0 Å². The van der Waals surface area contributed by atoms with Crippen molar-refractivity contribution in [3.63, 3.8) is 0 Å². The molecular weight excluding hydrogens is 274 g/mol. The van der Waals surface area contributed by atoms with E-state index in [0.717, 1.165) is 11.1 Å². The Morgan fingerprint density at radius 2 is 1.82 bits per heavy atom. The first-order chi connectivity index (χ1) is 10.7. The van der Waals surface area contributed by atoms with Crippen molar-refractivity contribution in [3.05, 3.63) is 82.4 Å². The summed E-state index contributed by atoms with van der Waals surface area (Å²) in [5, 5.41) is 4.76. The normalized spacial score (nSPS) is 12.1. The molecule has 0 atom stereocenters. The maximum absolute atomic E-state index is 12.3. The van der Waals surface area contributed by atoms with Crippen molar-refractivity contribution in [1.29, 1.82) is 0 Å². The third kappa shape index (κ3) is 3.01. The Bertz CT molecular complexity index is 908. The molecule has 0 saturated carbocycles. The summed E-state index contributed by atoms with van der Waals surface area (Å²) in [6.45, 7) is 1.94. The topological polar surface area (TPSA) is 47.2 Å². The monoisotopic (exact) mass is 289 g/mol. The number of nitrogens with zero attached hydrogens (tertiary/aromatic N) is 3. The molecular formula is C18H15N3O. The third-order valence-corrected chi connectivity index (χ3v) is 3.23. The van der Waals surface area contributed by atoms with Crippen LogP contribution in [0.25, 0.3) is 17.0 Å². The summed E-state index contributed by atoms with van der Waals surface area (Å²) in [7, 11) is 0. The summed E-state index contributed by atoms with van der Waals surface area (Å²) in [6, 6.07) is 17.2. The highest BCUT2D eigenvalue weighted by Gasteiger charge is 2.01. The van der Waals surface area contributed by atoms with Crippen molar-refractivity contribution in [2.45, 2.75) is 6.92 Å². The lowest BCUT2D eigenvalue weighted by molar-refractivity contribution is 0.817. The van der Waals surface area contributed by atoms with Gasteiger partial charge in [-0.25, -0.2) is 4.98 Å². The summed E-state index contributed by atoms with van der Waals surface area (Å²) in [5.41, 5.74) is 2.55. The molecule has 0 amide bonds. The van der Waals surface area contributed by atoms with Crippen molar-refractivity contribution in [1.82, 2.24) is 9.66 Å². The molecule has 0 aliphatic heterocycles. The van der Waals surface area contributed by atoms with Gasteiger partial charge in [-0.3, -0.25) is 4.79 Å². The lowest BCUT2D eigenvalue weighted by atomic mass is 10.1. The zero-order valence-electron chi connectivity index (χ0n) is 12.2. The first-order valence-corrected chi connectivity index (χ1v) is 6.98. The molecule has 0 aliphatic carbocycles. The largest absolute Gasteiger partial charge is 0.281 e. The predicted octanol–water partition coefficient (Wildman–Crippen LogP) is 3.33. The zero-order chi connectivity index (χ0) is 15.4. The number of hydrogen-bond acceptors (Lipinski definition) is 3. The molecule has 22 heavy (non-hydrogen) atoms. The average molecular weight is 289 g/mol. The smallest absolute Gasteiger partial charge is 0.267 e. The van der Waals surface area contributed by atoms with E-state index in [-0.39, 0.29) is 5.56 Å². The molecule has 0 saturated heterocycles. The zero-order valence-corrected chi connectivity index (χ0v) is 12.2. The number of allylic oxidation sites excluding steroid dienone is 1. The first kappa shape index (κ1) is 13.9. The number of rotatable bonds is 3. The summed E-state index contributed by atoms with van der Waals surface area (Å²) < 4.78 is 1.25. The number of para-hydroxylation sites is 1. The fourth-order valence-electron chi connectivity index (χ4n) is 2.14. The molecule has 2 aromatic carbocycles. The van der Waals surface area contributed by atoms with E-state index in [4.69, 9.17) is 0 Å². The van der Waals surface area contributed by atoms with Crippen molar-refractivity contribution in [3.8, 4) is 0 Å². The molecule has 3 rings (SSSR count). The minimum atomic E-state index is -0.172. The number of benzene rings is 2. The van der Waals surface area contributed by atoms with Gasteiger partial charge < -0.3 is 0 Å². The van der Waals surface area contributed by atoms with E-state index in [2.05, 4.69) is 10.1 Å². The molecule has 0 N–H and O–H groups in total. The Balaban J connectivity index is 1.91. The number of aromatic nitrogens is 2. The van der Waals surface area contributed by atoms with Gasteiger partial charge in [0.25, 0.3) is 5.56 Å². The highest BCUT2D eigenvalue weighted by atomic mass is 16.1. The Labute approximate surface area is 128 Å². The second-order valence-corrected chi connectivity index (χ2v) is 4.96. The van der Waals surface area contributed by atoms with Crippen LogP contribution < -0.4 is 5.56 Å².